The van der Waals surface area contributed by atoms with Gasteiger partial charge in [-0.05, 0) is 36.5 Å². The van der Waals surface area contributed by atoms with Crippen molar-refractivity contribution in [1.82, 2.24) is 0 Å². The van der Waals surface area contributed by atoms with Crippen molar-refractivity contribution in [1.29, 1.82) is 0 Å². The summed E-state index contributed by atoms with van der Waals surface area (Å²) in [6, 6.07) is 0. The Morgan fingerprint density at radius 3 is 0.333 bits per heavy atom. The van der Waals surface area contributed by atoms with Crippen LogP contribution in [0.5, 0.6) is 0 Å². The number of unbranched alkanes of at least 4 members (excludes halogenated alkanes) is 42. The second kappa shape index (κ2) is 63.2. The third kappa shape index (κ3) is 67.8. The van der Waals surface area contributed by atoms with Crippen molar-refractivity contribution in [2.75, 3.05) is 17.3 Å². The summed E-state index contributed by atoms with van der Waals surface area (Å²) in [7, 11) is 0. The molecule has 0 aromatic carbocycles. The zero-order chi connectivity index (χ0) is 39.9. The van der Waals surface area contributed by atoms with E-state index >= 15 is 0 Å². The number of thiol groups is 3. The highest BCUT2D eigenvalue weighted by Gasteiger charge is 1.96. The van der Waals surface area contributed by atoms with Crippen molar-refractivity contribution in [3.05, 3.63) is 0 Å². The van der Waals surface area contributed by atoms with E-state index in [0.717, 1.165) is 17.3 Å². The molecule has 0 atom stereocenters. The van der Waals surface area contributed by atoms with Crippen LogP contribution in [0.3, 0.4) is 0 Å². The van der Waals surface area contributed by atoms with Crippen LogP contribution in [0.1, 0.15) is 310 Å². The van der Waals surface area contributed by atoms with E-state index in [9.17, 15) is 0 Å². The Morgan fingerprint density at radius 1 is 0.148 bits per heavy atom. The second-order valence-electron chi connectivity index (χ2n) is 17.0. The van der Waals surface area contributed by atoms with Gasteiger partial charge in [0.25, 0.3) is 0 Å². The highest BCUT2D eigenvalue weighted by Crippen LogP contribution is 2.16. The molecule has 3 heteroatoms. The summed E-state index contributed by atoms with van der Waals surface area (Å²) in [4.78, 5) is 0. The van der Waals surface area contributed by atoms with Gasteiger partial charge in [-0.2, -0.15) is 37.9 Å². The van der Waals surface area contributed by atoms with Crippen molar-refractivity contribution < 1.29 is 0 Å². The van der Waals surface area contributed by atoms with Crippen LogP contribution in [0.4, 0.5) is 0 Å². The predicted molar refractivity (Wildman–Crippen MR) is 266 cm³/mol. The number of rotatable bonds is 45. The van der Waals surface area contributed by atoms with Crippen molar-refractivity contribution in [2.24, 2.45) is 0 Å². The average molecular weight is 818 g/mol. The monoisotopic (exact) mass is 817 g/mol. The maximum Gasteiger partial charge on any atom is -0.00979 e. The molecule has 0 aliphatic rings. The van der Waals surface area contributed by atoms with Gasteiger partial charge in [-0.25, -0.2) is 0 Å². The van der Waals surface area contributed by atoms with Crippen LogP contribution in [-0.2, 0) is 0 Å². The summed E-state index contributed by atoms with van der Waals surface area (Å²) in [5.74, 6) is 3.20. The van der Waals surface area contributed by atoms with Crippen molar-refractivity contribution >= 4 is 37.9 Å². The normalized spacial score (nSPS) is 11.0. The average Bonchev–Trinajstić information content (AvgIpc) is 3.19. The fourth-order valence-electron chi connectivity index (χ4n) is 7.45. The first kappa shape index (κ1) is 59.4. The molecular weight excluding hydrogens is 709 g/mol. The fraction of sp³-hybridized carbons (Fsp3) is 1.00. The summed E-state index contributed by atoms with van der Waals surface area (Å²) in [6.45, 7) is 6.87. The van der Waals surface area contributed by atoms with Gasteiger partial charge in [0.05, 0.1) is 0 Å². The van der Waals surface area contributed by atoms with Crippen LogP contribution in [0.2, 0.25) is 0 Å². The zero-order valence-corrected chi connectivity index (χ0v) is 41.0. The molecule has 0 N–H and O–H groups in total. The fourth-order valence-corrected chi connectivity index (χ4v) is 8.12. The topological polar surface area (TPSA) is 0 Å². The van der Waals surface area contributed by atoms with Crippen molar-refractivity contribution in [3.8, 4) is 0 Å². The van der Waals surface area contributed by atoms with Gasteiger partial charge in [0, 0.05) is 0 Å². The Morgan fingerprint density at radius 2 is 0.241 bits per heavy atom. The van der Waals surface area contributed by atoms with Crippen molar-refractivity contribution in [2.45, 2.75) is 310 Å². The smallest absolute Gasteiger partial charge is 0.00979 e. The van der Waals surface area contributed by atoms with E-state index in [0.29, 0.717) is 0 Å². The Hall–Kier alpha value is 1.05. The minimum Gasteiger partial charge on any atom is -0.179 e. The molecular formula is C51H108S3. The molecule has 0 bridgehead atoms. The lowest BCUT2D eigenvalue weighted by molar-refractivity contribution is 0.532. The number of hydrogen-bond donors (Lipinski definition) is 3. The van der Waals surface area contributed by atoms with Gasteiger partial charge in [-0.3, -0.25) is 0 Å². The molecule has 0 aromatic heterocycles. The van der Waals surface area contributed by atoms with Gasteiger partial charge in [0.2, 0.25) is 0 Å². The van der Waals surface area contributed by atoms with Gasteiger partial charge in [0.1, 0.15) is 0 Å². The van der Waals surface area contributed by atoms with Crippen molar-refractivity contribution in [3.63, 3.8) is 0 Å². The quantitative estimate of drug-likeness (QED) is 0.0396. The zero-order valence-electron chi connectivity index (χ0n) is 38.3. The summed E-state index contributed by atoms with van der Waals surface area (Å²) in [5, 5.41) is 0. The molecule has 0 spiro atoms. The maximum atomic E-state index is 4.24. The minimum absolute atomic E-state index is 1.07. The second-order valence-corrected chi connectivity index (χ2v) is 18.4. The lowest BCUT2D eigenvalue weighted by Gasteiger charge is -2.03. The largest absolute Gasteiger partial charge is 0.179 e. The summed E-state index contributed by atoms with van der Waals surface area (Å²) in [6.07, 6.45) is 64.9. The van der Waals surface area contributed by atoms with Gasteiger partial charge in [-0.1, -0.05) is 290 Å². The molecule has 0 unspecified atom stereocenters. The van der Waals surface area contributed by atoms with E-state index in [1.807, 2.05) is 0 Å². The molecule has 0 nitrogen and oxygen atoms in total. The third-order valence-corrected chi connectivity index (χ3v) is 12.2. The molecule has 0 saturated carbocycles. The summed E-state index contributed by atoms with van der Waals surface area (Å²) < 4.78 is 0. The molecule has 0 rings (SSSR count). The minimum atomic E-state index is 1.07. The first-order valence-corrected chi connectivity index (χ1v) is 27.5. The molecule has 0 saturated heterocycles. The highest BCUT2D eigenvalue weighted by atomic mass is 32.1. The molecule has 0 radical (unpaired) electrons. The third-order valence-electron chi connectivity index (χ3n) is 11.3. The van der Waals surface area contributed by atoms with Crippen LogP contribution in [0, 0.1) is 0 Å². The molecule has 330 valence electrons. The Labute approximate surface area is 362 Å². The van der Waals surface area contributed by atoms with Crippen LogP contribution >= 0.6 is 37.9 Å². The summed E-state index contributed by atoms with van der Waals surface area (Å²) in [5.41, 5.74) is 0. The van der Waals surface area contributed by atoms with Crippen LogP contribution in [0.15, 0.2) is 0 Å². The van der Waals surface area contributed by atoms with Crippen LogP contribution in [-0.4, -0.2) is 17.3 Å². The van der Waals surface area contributed by atoms with E-state index in [1.54, 1.807) is 0 Å². The standard InChI is InChI=1S/C18H38S.C17H36S.C16H34S/c1-2-3-4-5-6-7-8-9-10-11-12-13-14-15-16-17-18-19;1-2-3-4-5-6-7-8-9-10-11-12-13-14-15-16-17-18;1-2-3-4-5-6-7-8-9-10-11-12-13-14-15-16-17/h19H,2-18H2,1H3;18H,2-17H2,1H3;17H,2-16H2,1H3. The molecule has 0 aliphatic heterocycles. The van der Waals surface area contributed by atoms with E-state index in [4.69, 9.17) is 0 Å². The van der Waals surface area contributed by atoms with E-state index in [-0.39, 0.29) is 0 Å². The number of hydrogen-bond acceptors (Lipinski definition) is 3. The molecule has 0 heterocycles. The first-order chi connectivity index (χ1) is 26.7. The van der Waals surface area contributed by atoms with Crippen LogP contribution < -0.4 is 0 Å². The van der Waals surface area contributed by atoms with Crippen LogP contribution in [0.25, 0.3) is 0 Å². The van der Waals surface area contributed by atoms with E-state index in [1.165, 1.54) is 289 Å². The SMILES string of the molecule is CCCCCCCCCCCCCCCCCCS.CCCCCCCCCCCCCCCCCS.CCCCCCCCCCCCCCCCS. The van der Waals surface area contributed by atoms with Gasteiger partial charge >= 0.3 is 0 Å². The first-order valence-electron chi connectivity index (χ1n) is 25.6. The molecule has 0 aromatic rings. The van der Waals surface area contributed by atoms with Gasteiger partial charge in [-0.15, -0.1) is 0 Å². The predicted octanol–water partition coefficient (Wildman–Crippen LogP) is 20.4. The highest BCUT2D eigenvalue weighted by molar-refractivity contribution is 7.80. The lowest BCUT2D eigenvalue weighted by atomic mass is 10.0. The lowest BCUT2D eigenvalue weighted by Crippen LogP contribution is -1.83. The molecule has 54 heavy (non-hydrogen) atoms. The maximum absolute atomic E-state index is 4.24. The molecule has 0 fully saturated rings. The van der Waals surface area contributed by atoms with Gasteiger partial charge in [0.15, 0.2) is 0 Å². The Kier molecular flexibility index (Phi) is 69.5. The van der Waals surface area contributed by atoms with E-state index < -0.39 is 0 Å². The van der Waals surface area contributed by atoms with Gasteiger partial charge < -0.3 is 0 Å². The Balaban J connectivity index is -0.000000724. The Bertz CT molecular complexity index is 507. The van der Waals surface area contributed by atoms with E-state index in [2.05, 4.69) is 58.7 Å². The summed E-state index contributed by atoms with van der Waals surface area (Å²) >= 11 is 12.7. The molecule has 0 amide bonds. The molecule has 0 aliphatic carbocycles.